The maximum absolute atomic E-state index is 11.0. The quantitative estimate of drug-likeness (QED) is 0.251. The van der Waals surface area contributed by atoms with E-state index in [1.807, 2.05) is 54.3 Å². The molecule has 2 aromatic rings. The summed E-state index contributed by atoms with van der Waals surface area (Å²) in [6.45, 7) is 6.35. The van der Waals surface area contributed by atoms with E-state index in [9.17, 15) is 4.79 Å². The summed E-state index contributed by atoms with van der Waals surface area (Å²) in [5.41, 5.74) is 3.78. The highest BCUT2D eigenvalue weighted by Gasteiger charge is 2.07. The van der Waals surface area contributed by atoms with Crippen LogP contribution in [0.3, 0.4) is 0 Å². The van der Waals surface area contributed by atoms with Gasteiger partial charge < -0.3 is 15.4 Å². The van der Waals surface area contributed by atoms with Crippen LogP contribution >= 0.6 is 11.3 Å². The predicted molar refractivity (Wildman–Crippen MR) is 101 cm³/mol. The van der Waals surface area contributed by atoms with E-state index >= 15 is 0 Å². The van der Waals surface area contributed by atoms with Gasteiger partial charge >= 0.3 is 6.03 Å². The highest BCUT2D eigenvalue weighted by atomic mass is 32.1. The van der Waals surface area contributed by atoms with Gasteiger partial charge in [-0.2, -0.15) is 0 Å². The molecule has 7 nitrogen and oxygen atoms in total. The van der Waals surface area contributed by atoms with Crippen molar-refractivity contribution in [3.05, 3.63) is 59.8 Å². The first-order valence-corrected chi connectivity index (χ1v) is 8.54. The minimum Gasteiger partial charge on any atom is -0.456 e. The van der Waals surface area contributed by atoms with Crippen molar-refractivity contribution < 1.29 is 9.53 Å². The van der Waals surface area contributed by atoms with Gasteiger partial charge in [-0.25, -0.2) is 15.6 Å². The predicted octanol–water partition coefficient (Wildman–Crippen LogP) is 2.85. The van der Waals surface area contributed by atoms with Gasteiger partial charge in [-0.05, 0) is 37.2 Å². The summed E-state index contributed by atoms with van der Waals surface area (Å²) in [4.78, 5) is 15.4. The number of aromatic nitrogens is 1. The van der Waals surface area contributed by atoms with E-state index in [4.69, 9.17) is 10.6 Å². The fourth-order valence-electron chi connectivity index (χ4n) is 1.91. The van der Waals surface area contributed by atoms with Crippen LogP contribution in [0.2, 0.25) is 0 Å². The Bertz CT molecular complexity index is 740. The topological polar surface area (TPSA) is 101 Å². The molecule has 2 amide bonds. The molecule has 0 radical (unpaired) electrons. The minimum atomic E-state index is -0.400. The normalized spacial score (nSPS) is 10.5. The first-order chi connectivity index (χ1) is 12.1. The number of benzene rings is 1. The molecule has 0 fully saturated rings. The standard InChI is InChI=1S/C17H21N5O2S/c1-3-9-20-17-21-15(11-25-17)12(2)24-14-6-4-13(5-7-14)8-10-19-16(23)22-18/h3-7,9,11H,2,8,10,18H2,1H3,(H,20,21)(H2,19,22,23). The Morgan fingerprint density at radius 3 is 2.84 bits per heavy atom. The fourth-order valence-corrected chi connectivity index (χ4v) is 2.61. The molecule has 25 heavy (non-hydrogen) atoms. The van der Waals surface area contributed by atoms with Crippen molar-refractivity contribution in [3.63, 3.8) is 0 Å². The summed E-state index contributed by atoms with van der Waals surface area (Å²) in [6.07, 6.45) is 4.41. The number of thiazole rings is 1. The molecule has 0 atom stereocenters. The average molecular weight is 359 g/mol. The summed E-state index contributed by atoms with van der Waals surface area (Å²) in [5, 5.41) is 8.35. The smallest absolute Gasteiger partial charge is 0.328 e. The number of carbonyl (C=O) groups is 1. The number of anilines is 1. The number of amides is 2. The van der Waals surface area contributed by atoms with Crippen molar-refractivity contribution in [1.29, 1.82) is 0 Å². The summed E-state index contributed by atoms with van der Waals surface area (Å²) >= 11 is 1.48. The van der Waals surface area contributed by atoms with Crippen molar-refractivity contribution >= 4 is 28.3 Å². The number of nitrogens with zero attached hydrogens (tertiary/aromatic N) is 1. The van der Waals surface area contributed by atoms with Crippen LogP contribution in [-0.2, 0) is 6.42 Å². The molecular weight excluding hydrogens is 338 g/mol. The number of hydrazine groups is 1. The monoisotopic (exact) mass is 359 g/mol. The zero-order valence-electron chi connectivity index (χ0n) is 13.9. The number of hydrogen-bond donors (Lipinski definition) is 4. The molecule has 0 aliphatic carbocycles. The van der Waals surface area contributed by atoms with Crippen LogP contribution in [0.1, 0.15) is 18.2 Å². The average Bonchev–Trinajstić information content (AvgIpc) is 3.10. The van der Waals surface area contributed by atoms with Crippen molar-refractivity contribution in [2.24, 2.45) is 5.84 Å². The Balaban J connectivity index is 1.86. The fraction of sp³-hybridized carbons (Fsp3) is 0.176. The number of allylic oxidation sites excluding steroid dienone is 1. The summed E-state index contributed by atoms with van der Waals surface area (Å²) in [6, 6.07) is 7.18. The number of nitrogens with one attached hydrogen (secondary N) is 3. The van der Waals surface area contributed by atoms with Crippen molar-refractivity contribution in [2.45, 2.75) is 13.3 Å². The Morgan fingerprint density at radius 2 is 2.16 bits per heavy atom. The lowest BCUT2D eigenvalue weighted by Crippen LogP contribution is -2.40. The van der Waals surface area contributed by atoms with Crippen molar-refractivity contribution in [1.82, 2.24) is 15.7 Å². The van der Waals surface area contributed by atoms with E-state index in [2.05, 4.69) is 22.2 Å². The van der Waals surface area contributed by atoms with Crippen LogP contribution in [0.15, 0.2) is 48.5 Å². The highest BCUT2D eigenvalue weighted by molar-refractivity contribution is 7.13. The second-order valence-electron chi connectivity index (χ2n) is 5.00. The first-order valence-electron chi connectivity index (χ1n) is 7.66. The second kappa shape index (κ2) is 9.45. The molecule has 5 N–H and O–H groups in total. The Hall–Kier alpha value is -2.84. The summed E-state index contributed by atoms with van der Waals surface area (Å²) in [7, 11) is 0. The van der Waals surface area contributed by atoms with Crippen LogP contribution in [0.4, 0.5) is 9.93 Å². The molecule has 1 aromatic heterocycles. The van der Waals surface area contributed by atoms with Crippen LogP contribution in [0.5, 0.6) is 5.75 Å². The van der Waals surface area contributed by atoms with Gasteiger partial charge in [-0.15, -0.1) is 11.3 Å². The Morgan fingerprint density at radius 1 is 1.40 bits per heavy atom. The highest BCUT2D eigenvalue weighted by Crippen LogP contribution is 2.24. The van der Waals surface area contributed by atoms with Crippen LogP contribution in [-0.4, -0.2) is 17.6 Å². The third-order valence-electron chi connectivity index (χ3n) is 3.16. The van der Waals surface area contributed by atoms with Gasteiger partial charge in [0.05, 0.1) is 0 Å². The molecule has 0 bridgehead atoms. The van der Waals surface area contributed by atoms with Crippen molar-refractivity contribution in [2.75, 3.05) is 11.9 Å². The minimum absolute atomic E-state index is 0.400. The van der Waals surface area contributed by atoms with E-state index in [-0.39, 0.29) is 0 Å². The zero-order valence-corrected chi connectivity index (χ0v) is 14.7. The largest absolute Gasteiger partial charge is 0.456 e. The number of carbonyl (C=O) groups excluding carboxylic acids is 1. The van der Waals surface area contributed by atoms with Gasteiger partial charge in [0.15, 0.2) is 5.13 Å². The first kappa shape index (κ1) is 18.5. The maximum atomic E-state index is 11.0. The summed E-state index contributed by atoms with van der Waals surface area (Å²) < 4.78 is 5.74. The molecular formula is C17H21N5O2S. The maximum Gasteiger partial charge on any atom is 0.328 e. The third kappa shape index (κ3) is 5.94. The van der Waals surface area contributed by atoms with E-state index in [1.165, 1.54) is 11.3 Å². The van der Waals surface area contributed by atoms with E-state index in [0.29, 0.717) is 30.2 Å². The Kier molecular flexibility index (Phi) is 7.00. The molecule has 8 heteroatoms. The number of rotatable bonds is 8. The Labute approximate surface area is 150 Å². The molecule has 2 rings (SSSR count). The van der Waals surface area contributed by atoms with Crippen molar-refractivity contribution in [3.8, 4) is 5.75 Å². The third-order valence-corrected chi connectivity index (χ3v) is 3.93. The van der Waals surface area contributed by atoms with Crippen LogP contribution in [0.25, 0.3) is 5.76 Å². The van der Waals surface area contributed by atoms with Gasteiger partial charge in [0.1, 0.15) is 17.2 Å². The van der Waals surface area contributed by atoms with Gasteiger partial charge in [0, 0.05) is 11.9 Å². The van der Waals surface area contributed by atoms with E-state index in [0.717, 1.165) is 10.7 Å². The molecule has 0 aliphatic rings. The zero-order chi connectivity index (χ0) is 18.1. The number of nitrogens with two attached hydrogens (primary N) is 1. The lowest BCUT2D eigenvalue weighted by molar-refractivity contribution is 0.241. The van der Waals surface area contributed by atoms with Crippen LogP contribution in [0, 0.1) is 0 Å². The molecule has 0 saturated carbocycles. The second-order valence-corrected chi connectivity index (χ2v) is 5.86. The molecule has 0 unspecified atom stereocenters. The number of urea groups is 1. The lowest BCUT2D eigenvalue weighted by atomic mass is 10.1. The molecule has 0 spiro atoms. The lowest BCUT2D eigenvalue weighted by Gasteiger charge is -2.08. The molecule has 0 saturated heterocycles. The van der Waals surface area contributed by atoms with E-state index < -0.39 is 6.03 Å². The molecule has 132 valence electrons. The van der Waals surface area contributed by atoms with Gasteiger partial charge in [0.25, 0.3) is 0 Å². The molecule has 1 heterocycles. The molecule has 1 aromatic carbocycles. The number of hydrogen-bond acceptors (Lipinski definition) is 6. The van der Waals surface area contributed by atoms with Crippen LogP contribution < -0.4 is 26.6 Å². The van der Waals surface area contributed by atoms with E-state index in [1.54, 1.807) is 0 Å². The summed E-state index contributed by atoms with van der Waals surface area (Å²) in [5.74, 6) is 6.16. The van der Waals surface area contributed by atoms with Gasteiger partial charge in [0.2, 0.25) is 0 Å². The van der Waals surface area contributed by atoms with Gasteiger partial charge in [-0.1, -0.05) is 24.8 Å². The SMILES string of the molecule is C=C(Oc1ccc(CCNC(=O)NN)cc1)c1csc(NC=CC)n1. The number of ether oxygens (including phenoxy) is 1. The molecule has 0 aliphatic heterocycles. The van der Waals surface area contributed by atoms with Gasteiger partial charge in [-0.3, -0.25) is 5.43 Å².